The molecule has 0 aromatic rings. The maximum absolute atomic E-state index is 9.49. The van der Waals surface area contributed by atoms with E-state index in [0.717, 1.165) is 25.9 Å². The van der Waals surface area contributed by atoms with E-state index in [9.17, 15) is 9.90 Å². The zero-order valence-corrected chi connectivity index (χ0v) is 11.2. The van der Waals surface area contributed by atoms with Crippen molar-refractivity contribution in [1.29, 1.82) is 0 Å². The van der Waals surface area contributed by atoms with Gasteiger partial charge < -0.3 is 44.0 Å². The lowest BCUT2D eigenvalue weighted by Crippen LogP contribution is -3.00. The molecular weight excluding hydrogens is 248 g/mol. The Morgan fingerprint density at radius 3 is 1.41 bits per heavy atom. The second-order valence-electron chi connectivity index (χ2n) is 2.93. The Labute approximate surface area is 109 Å². The maximum Gasteiger partial charge on any atom is 0.0762 e. The lowest BCUT2D eigenvalue weighted by atomic mass is 10.4. The summed E-state index contributed by atoms with van der Waals surface area (Å²) in [6.07, 6.45) is 1.67. The summed E-state index contributed by atoms with van der Waals surface area (Å²) in [7, 11) is 0. The van der Waals surface area contributed by atoms with E-state index in [4.69, 9.17) is 10.2 Å². The van der Waals surface area contributed by atoms with Gasteiger partial charge in [0.05, 0.1) is 19.1 Å². The highest BCUT2D eigenvalue weighted by atomic mass is 35.5. The average molecular weight is 273 g/mol. The van der Waals surface area contributed by atoms with Crippen molar-refractivity contribution in [3.63, 3.8) is 0 Å². The molecule has 0 saturated heterocycles. The van der Waals surface area contributed by atoms with E-state index in [-0.39, 0.29) is 31.2 Å². The van der Waals surface area contributed by atoms with E-state index in [1.807, 2.05) is 0 Å². The van der Waals surface area contributed by atoms with Gasteiger partial charge in [0.25, 0.3) is 0 Å². The molecule has 0 unspecified atom stereocenters. The molecule has 0 heterocycles. The number of carboxylic acid groups (broad SMARTS) is 1. The van der Waals surface area contributed by atoms with Gasteiger partial charge in [0.15, 0.2) is 0 Å². The second kappa shape index (κ2) is 24.5. The summed E-state index contributed by atoms with van der Waals surface area (Å²) in [6.45, 7) is 6.73. The minimum atomic E-state index is -1.19. The first kappa shape index (κ1) is 25.3. The molecule has 7 heteroatoms. The molecule has 0 aromatic carbocycles. The van der Waals surface area contributed by atoms with Crippen molar-refractivity contribution in [2.75, 3.05) is 26.3 Å². The van der Waals surface area contributed by atoms with Crippen molar-refractivity contribution in [1.82, 2.24) is 0 Å². The standard InChI is InChI=1S/C4H6O2.2C3H9NO.ClH/c1-3(2)4(5)6;2*4-2-1-3-5;/h1H2,2H3,(H,5,6);2*5H,1-4H2;1H. The molecule has 0 aliphatic heterocycles. The van der Waals surface area contributed by atoms with Crippen LogP contribution in [0.5, 0.6) is 0 Å². The van der Waals surface area contributed by atoms with Gasteiger partial charge in [0, 0.05) is 26.1 Å². The highest BCUT2D eigenvalue weighted by Crippen LogP contribution is 1.77. The van der Waals surface area contributed by atoms with Crippen LogP contribution in [-0.2, 0) is 4.79 Å². The molecule has 0 aromatic heterocycles. The Hall–Kier alpha value is -0.660. The van der Waals surface area contributed by atoms with Crippen LogP contribution in [-0.4, -0.2) is 42.5 Å². The van der Waals surface area contributed by atoms with Crippen molar-refractivity contribution < 1.29 is 44.0 Å². The Bertz CT molecular complexity index is 146. The number of carbonyl (C=O) groups is 1. The molecule has 6 nitrogen and oxygen atoms in total. The van der Waals surface area contributed by atoms with Gasteiger partial charge >= 0.3 is 0 Å². The van der Waals surface area contributed by atoms with Crippen LogP contribution in [0, 0.1) is 0 Å². The van der Waals surface area contributed by atoms with E-state index in [0.29, 0.717) is 0 Å². The fraction of sp³-hybridized carbons (Fsp3) is 0.700. The SMILES string of the molecule is C=C(C)C(=O)[O-].[Cl-].[NH3+]CCCO.[NH3+]CCCO. The van der Waals surface area contributed by atoms with Crippen molar-refractivity contribution in [2.45, 2.75) is 19.8 Å². The Morgan fingerprint density at radius 1 is 1.18 bits per heavy atom. The van der Waals surface area contributed by atoms with Crippen LogP contribution in [0.2, 0.25) is 0 Å². The third kappa shape index (κ3) is 50.7. The highest BCUT2D eigenvalue weighted by Gasteiger charge is 1.76. The summed E-state index contributed by atoms with van der Waals surface area (Å²) in [5.41, 5.74) is 7.10. The smallest absolute Gasteiger partial charge is 0.0762 e. The highest BCUT2D eigenvalue weighted by molar-refractivity contribution is 5.82. The Morgan fingerprint density at radius 2 is 1.41 bits per heavy atom. The second-order valence-corrected chi connectivity index (χ2v) is 2.93. The molecule has 17 heavy (non-hydrogen) atoms. The normalized spacial score (nSPS) is 7.59. The predicted molar refractivity (Wildman–Crippen MR) is 58.7 cm³/mol. The fourth-order valence-electron chi connectivity index (χ4n) is 0.224. The van der Waals surface area contributed by atoms with E-state index in [2.05, 4.69) is 18.0 Å². The van der Waals surface area contributed by atoms with Crippen molar-refractivity contribution in [2.24, 2.45) is 0 Å². The molecule has 0 fully saturated rings. The van der Waals surface area contributed by atoms with E-state index >= 15 is 0 Å². The monoisotopic (exact) mass is 272 g/mol. The van der Waals surface area contributed by atoms with Crippen molar-refractivity contribution in [3.05, 3.63) is 12.2 Å². The maximum atomic E-state index is 9.49. The number of aliphatic hydroxyl groups is 2. The van der Waals surface area contributed by atoms with Crippen LogP contribution in [0.25, 0.3) is 0 Å². The van der Waals surface area contributed by atoms with Gasteiger partial charge in [-0.2, -0.15) is 0 Å². The van der Waals surface area contributed by atoms with Gasteiger partial charge in [-0.1, -0.05) is 6.58 Å². The number of hydrogen-bond donors (Lipinski definition) is 4. The summed E-state index contributed by atoms with van der Waals surface area (Å²) < 4.78 is 0. The summed E-state index contributed by atoms with van der Waals surface area (Å²) in [6, 6.07) is 0. The molecule has 0 aliphatic carbocycles. The Kier molecular flexibility index (Phi) is 36.4. The molecule has 0 spiro atoms. The molecule has 0 radical (unpaired) electrons. The van der Waals surface area contributed by atoms with Crippen LogP contribution < -0.4 is 29.0 Å². The first-order valence-corrected chi connectivity index (χ1v) is 5.14. The molecule has 0 amide bonds. The zero-order chi connectivity index (χ0) is 13.4. The van der Waals surface area contributed by atoms with E-state index in [1.54, 1.807) is 0 Å². The summed E-state index contributed by atoms with van der Waals surface area (Å²) in [5.74, 6) is -1.19. The predicted octanol–water partition coefficient (Wildman–Crippen LogP) is -6.46. The van der Waals surface area contributed by atoms with E-state index < -0.39 is 5.97 Å². The lowest BCUT2D eigenvalue weighted by Gasteiger charge is -1.93. The van der Waals surface area contributed by atoms with Crippen molar-refractivity contribution in [3.8, 4) is 0 Å². The minimum Gasteiger partial charge on any atom is -1.00 e. The summed E-state index contributed by atoms with van der Waals surface area (Å²) >= 11 is 0. The largest absolute Gasteiger partial charge is 1.00 e. The molecule has 0 aliphatic rings. The average Bonchev–Trinajstić information content (AvgIpc) is 2.22. The summed E-state index contributed by atoms with van der Waals surface area (Å²) in [5, 5.41) is 25.5. The number of hydrogen-bond acceptors (Lipinski definition) is 4. The van der Waals surface area contributed by atoms with Gasteiger partial charge in [-0.25, -0.2) is 0 Å². The third-order valence-electron chi connectivity index (χ3n) is 1.16. The number of aliphatic carboxylic acids is 1. The number of rotatable bonds is 5. The summed E-state index contributed by atoms with van der Waals surface area (Å²) in [4.78, 5) is 9.49. The van der Waals surface area contributed by atoms with Gasteiger partial charge in [-0.05, 0) is 12.5 Å². The molecule has 106 valence electrons. The van der Waals surface area contributed by atoms with Gasteiger partial charge in [-0.3, -0.25) is 0 Å². The Balaban J connectivity index is -0.0000000729. The van der Waals surface area contributed by atoms with Crippen molar-refractivity contribution >= 4 is 5.97 Å². The fourth-order valence-corrected chi connectivity index (χ4v) is 0.224. The van der Waals surface area contributed by atoms with Gasteiger partial charge in [0.2, 0.25) is 0 Å². The first-order chi connectivity index (χ1) is 7.47. The number of carboxylic acids is 1. The molecule has 0 saturated carbocycles. The molecule has 0 bridgehead atoms. The first-order valence-electron chi connectivity index (χ1n) is 5.14. The van der Waals surface area contributed by atoms with Crippen LogP contribution in [0.3, 0.4) is 0 Å². The zero-order valence-electron chi connectivity index (χ0n) is 10.5. The molecule has 8 N–H and O–H groups in total. The minimum absolute atomic E-state index is 0. The lowest BCUT2D eigenvalue weighted by molar-refractivity contribution is -0.369. The molecular formula is C10H25ClN2O4. The topological polar surface area (TPSA) is 136 Å². The van der Waals surface area contributed by atoms with E-state index in [1.165, 1.54) is 6.92 Å². The van der Waals surface area contributed by atoms with Gasteiger partial charge in [0.1, 0.15) is 0 Å². The van der Waals surface area contributed by atoms with Crippen LogP contribution >= 0.6 is 0 Å². The number of aliphatic hydroxyl groups excluding tert-OH is 2. The third-order valence-corrected chi connectivity index (χ3v) is 1.16. The number of quaternary nitrogens is 2. The quantitative estimate of drug-likeness (QED) is 0.370. The van der Waals surface area contributed by atoms with Crippen LogP contribution in [0.1, 0.15) is 19.8 Å². The molecule has 0 atom stereocenters. The number of halogens is 1. The number of carbonyl (C=O) groups excluding carboxylic acids is 1. The van der Waals surface area contributed by atoms with Gasteiger partial charge in [-0.15, -0.1) is 0 Å². The molecule has 0 rings (SSSR count). The van der Waals surface area contributed by atoms with Crippen LogP contribution in [0.4, 0.5) is 0 Å². The van der Waals surface area contributed by atoms with Crippen LogP contribution in [0.15, 0.2) is 12.2 Å².